The van der Waals surface area contributed by atoms with Crippen LogP contribution in [0.4, 0.5) is 5.69 Å². The standard InChI is InChI=1S/C21H28N2O6S/c1-6-23(7-2)30(25,26)17-9-11-19(15(3)12-17)29-14-21(24)22-18-10-8-16(27-4)13-20(18)28-5/h8-13H,6-7,14H2,1-5H3,(H,22,24). The van der Waals surface area contributed by atoms with E-state index >= 15 is 0 Å². The number of hydrogen-bond donors (Lipinski definition) is 1. The minimum atomic E-state index is -3.55. The fraction of sp³-hybridized carbons (Fsp3) is 0.381. The Morgan fingerprint density at radius 3 is 2.27 bits per heavy atom. The number of hydrogen-bond acceptors (Lipinski definition) is 6. The van der Waals surface area contributed by atoms with Crippen molar-refractivity contribution in [3.8, 4) is 17.2 Å². The van der Waals surface area contributed by atoms with E-state index < -0.39 is 10.0 Å². The van der Waals surface area contributed by atoms with Crippen molar-refractivity contribution in [2.75, 3.05) is 39.2 Å². The second kappa shape index (κ2) is 10.3. The van der Waals surface area contributed by atoms with Gasteiger partial charge in [-0.2, -0.15) is 4.31 Å². The SMILES string of the molecule is CCN(CC)S(=O)(=O)c1ccc(OCC(=O)Nc2ccc(OC)cc2OC)c(C)c1. The lowest BCUT2D eigenvalue weighted by Gasteiger charge is -2.19. The third-order valence-corrected chi connectivity index (χ3v) is 6.58. The van der Waals surface area contributed by atoms with E-state index in [1.165, 1.54) is 17.5 Å². The number of ether oxygens (including phenoxy) is 3. The zero-order valence-corrected chi connectivity index (χ0v) is 18.7. The minimum Gasteiger partial charge on any atom is -0.497 e. The van der Waals surface area contributed by atoms with Crippen molar-refractivity contribution in [1.29, 1.82) is 0 Å². The molecule has 9 heteroatoms. The summed E-state index contributed by atoms with van der Waals surface area (Å²) in [7, 11) is -0.510. The molecule has 1 N–H and O–H groups in total. The number of carbonyl (C=O) groups is 1. The minimum absolute atomic E-state index is 0.198. The van der Waals surface area contributed by atoms with Crippen LogP contribution in [0.5, 0.6) is 17.2 Å². The highest BCUT2D eigenvalue weighted by molar-refractivity contribution is 7.89. The summed E-state index contributed by atoms with van der Waals surface area (Å²) in [5.74, 6) is 1.13. The molecule has 164 valence electrons. The lowest BCUT2D eigenvalue weighted by Crippen LogP contribution is -2.30. The zero-order valence-electron chi connectivity index (χ0n) is 17.9. The number of aryl methyl sites for hydroxylation is 1. The van der Waals surface area contributed by atoms with Crippen molar-refractivity contribution in [1.82, 2.24) is 4.31 Å². The van der Waals surface area contributed by atoms with E-state index in [2.05, 4.69) is 5.32 Å². The van der Waals surface area contributed by atoms with E-state index in [0.717, 1.165) is 0 Å². The van der Waals surface area contributed by atoms with Gasteiger partial charge in [-0.3, -0.25) is 4.79 Å². The number of methoxy groups -OCH3 is 2. The first kappa shape index (κ1) is 23.5. The van der Waals surface area contributed by atoms with Crippen LogP contribution in [0, 0.1) is 6.92 Å². The summed E-state index contributed by atoms with van der Waals surface area (Å²) in [5, 5.41) is 2.72. The second-order valence-electron chi connectivity index (χ2n) is 6.42. The van der Waals surface area contributed by atoms with Gasteiger partial charge < -0.3 is 19.5 Å². The van der Waals surface area contributed by atoms with Crippen LogP contribution in [0.3, 0.4) is 0 Å². The molecule has 0 saturated heterocycles. The number of anilines is 1. The molecule has 2 aromatic carbocycles. The molecular weight excluding hydrogens is 408 g/mol. The Labute approximate surface area is 177 Å². The highest BCUT2D eigenvalue weighted by atomic mass is 32.2. The number of sulfonamides is 1. The molecule has 30 heavy (non-hydrogen) atoms. The van der Waals surface area contributed by atoms with Gasteiger partial charge in [0, 0.05) is 19.2 Å². The second-order valence-corrected chi connectivity index (χ2v) is 8.36. The summed E-state index contributed by atoms with van der Waals surface area (Å²) in [6.07, 6.45) is 0. The summed E-state index contributed by atoms with van der Waals surface area (Å²) in [6.45, 7) is 5.87. The average molecular weight is 437 g/mol. The first-order valence-electron chi connectivity index (χ1n) is 9.52. The quantitative estimate of drug-likeness (QED) is 0.615. The maximum atomic E-state index is 12.6. The Kier molecular flexibility index (Phi) is 8.08. The molecule has 2 aromatic rings. The molecule has 8 nitrogen and oxygen atoms in total. The zero-order chi connectivity index (χ0) is 22.3. The lowest BCUT2D eigenvalue weighted by molar-refractivity contribution is -0.118. The fourth-order valence-electron chi connectivity index (χ4n) is 2.89. The highest BCUT2D eigenvalue weighted by Crippen LogP contribution is 2.29. The third kappa shape index (κ3) is 5.43. The van der Waals surface area contributed by atoms with Gasteiger partial charge in [-0.15, -0.1) is 0 Å². The van der Waals surface area contributed by atoms with Crippen molar-refractivity contribution in [2.24, 2.45) is 0 Å². The van der Waals surface area contributed by atoms with Crippen LogP contribution in [0.15, 0.2) is 41.3 Å². The van der Waals surface area contributed by atoms with E-state index in [0.29, 0.717) is 41.6 Å². The van der Waals surface area contributed by atoms with E-state index in [-0.39, 0.29) is 17.4 Å². The largest absolute Gasteiger partial charge is 0.497 e. The number of nitrogens with zero attached hydrogens (tertiary/aromatic N) is 1. The summed E-state index contributed by atoms with van der Waals surface area (Å²) in [4.78, 5) is 12.5. The van der Waals surface area contributed by atoms with Gasteiger partial charge >= 0.3 is 0 Å². The van der Waals surface area contributed by atoms with Crippen LogP contribution in [0.1, 0.15) is 19.4 Å². The molecule has 0 atom stereocenters. The van der Waals surface area contributed by atoms with Crippen LogP contribution in [-0.2, 0) is 14.8 Å². The molecule has 0 heterocycles. The van der Waals surface area contributed by atoms with Gasteiger partial charge in [0.2, 0.25) is 10.0 Å². The molecular formula is C21H28N2O6S. The smallest absolute Gasteiger partial charge is 0.262 e. The normalized spacial score (nSPS) is 11.3. The molecule has 2 rings (SSSR count). The molecule has 0 radical (unpaired) electrons. The Balaban J connectivity index is 2.07. The first-order chi connectivity index (χ1) is 14.3. The summed E-state index contributed by atoms with van der Waals surface area (Å²) in [6, 6.07) is 9.64. The molecule has 1 amide bonds. The van der Waals surface area contributed by atoms with Crippen molar-refractivity contribution < 1.29 is 27.4 Å². The predicted octanol–water partition coefficient (Wildman–Crippen LogP) is 3.06. The topological polar surface area (TPSA) is 94.2 Å². The number of rotatable bonds is 10. The number of amides is 1. The Bertz CT molecular complexity index is 987. The molecule has 0 aromatic heterocycles. The number of benzene rings is 2. The monoisotopic (exact) mass is 436 g/mol. The Morgan fingerprint density at radius 2 is 1.70 bits per heavy atom. The van der Waals surface area contributed by atoms with Gasteiger partial charge in [0.25, 0.3) is 5.91 Å². The van der Waals surface area contributed by atoms with Gasteiger partial charge in [-0.05, 0) is 42.8 Å². The van der Waals surface area contributed by atoms with Crippen LogP contribution in [0.2, 0.25) is 0 Å². The van der Waals surface area contributed by atoms with Crippen LogP contribution >= 0.6 is 0 Å². The third-order valence-electron chi connectivity index (χ3n) is 4.53. The lowest BCUT2D eigenvalue weighted by atomic mass is 10.2. The van der Waals surface area contributed by atoms with Gasteiger partial charge in [0.1, 0.15) is 17.2 Å². The van der Waals surface area contributed by atoms with Crippen molar-refractivity contribution >= 4 is 21.6 Å². The average Bonchev–Trinajstić information content (AvgIpc) is 2.73. The van der Waals surface area contributed by atoms with Gasteiger partial charge in [0.15, 0.2) is 6.61 Å². The van der Waals surface area contributed by atoms with Crippen LogP contribution in [-0.4, -0.2) is 52.5 Å². The molecule has 0 bridgehead atoms. The number of carbonyl (C=O) groups excluding carboxylic acids is 1. The fourth-order valence-corrected chi connectivity index (χ4v) is 4.43. The first-order valence-corrected chi connectivity index (χ1v) is 11.0. The van der Waals surface area contributed by atoms with E-state index in [4.69, 9.17) is 14.2 Å². The maximum absolute atomic E-state index is 12.6. The van der Waals surface area contributed by atoms with Crippen LogP contribution in [0.25, 0.3) is 0 Å². The summed E-state index contributed by atoms with van der Waals surface area (Å²) < 4.78 is 42.6. The molecule has 0 saturated carbocycles. The van der Waals surface area contributed by atoms with E-state index in [1.54, 1.807) is 58.2 Å². The van der Waals surface area contributed by atoms with E-state index in [1.807, 2.05) is 0 Å². The molecule has 0 aliphatic heterocycles. The molecule has 0 spiro atoms. The Morgan fingerprint density at radius 1 is 1.00 bits per heavy atom. The molecule has 0 unspecified atom stereocenters. The molecule has 0 aliphatic carbocycles. The summed E-state index contributed by atoms with van der Waals surface area (Å²) >= 11 is 0. The predicted molar refractivity (Wildman–Crippen MR) is 115 cm³/mol. The van der Waals surface area contributed by atoms with Crippen molar-refractivity contribution in [3.63, 3.8) is 0 Å². The maximum Gasteiger partial charge on any atom is 0.262 e. The Hall–Kier alpha value is -2.78. The van der Waals surface area contributed by atoms with Crippen LogP contribution < -0.4 is 19.5 Å². The van der Waals surface area contributed by atoms with Gasteiger partial charge in [0.05, 0.1) is 24.8 Å². The summed E-state index contributed by atoms with van der Waals surface area (Å²) in [5.41, 5.74) is 1.11. The van der Waals surface area contributed by atoms with Gasteiger partial charge in [-0.25, -0.2) is 8.42 Å². The molecule has 0 aliphatic rings. The number of nitrogens with one attached hydrogen (secondary N) is 1. The van der Waals surface area contributed by atoms with E-state index in [9.17, 15) is 13.2 Å². The van der Waals surface area contributed by atoms with Gasteiger partial charge in [-0.1, -0.05) is 13.8 Å². The van der Waals surface area contributed by atoms with Crippen molar-refractivity contribution in [3.05, 3.63) is 42.0 Å². The molecule has 0 fully saturated rings. The van der Waals surface area contributed by atoms with Crippen molar-refractivity contribution in [2.45, 2.75) is 25.7 Å². The highest BCUT2D eigenvalue weighted by Gasteiger charge is 2.22.